The van der Waals surface area contributed by atoms with Crippen LogP contribution in [-0.4, -0.2) is 22.2 Å². The molecule has 0 spiro atoms. The first kappa shape index (κ1) is 23.9. The smallest absolute Gasteiger partial charge is 0.338 e. The van der Waals surface area contributed by atoms with E-state index in [1.54, 1.807) is 56.3 Å². The van der Waals surface area contributed by atoms with E-state index in [0.717, 1.165) is 5.56 Å². The number of benzene rings is 2. The molecule has 0 bridgehead atoms. The molecule has 6 nitrogen and oxygen atoms in total. The van der Waals surface area contributed by atoms with Crippen molar-refractivity contribution in [2.45, 2.75) is 19.9 Å². The lowest BCUT2D eigenvalue weighted by Crippen LogP contribution is -2.39. The van der Waals surface area contributed by atoms with Crippen LogP contribution in [0.2, 0.25) is 5.02 Å². The Kier molecular flexibility index (Phi) is 6.95. The predicted molar refractivity (Wildman–Crippen MR) is 135 cm³/mol. The summed E-state index contributed by atoms with van der Waals surface area (Å²) in [7, 11) is 0. The summed E-state index contributed by atoms with van der Waals surface area (Å²) in [6.07, 6.45) is 1.72. The highest BCUT2D eigenvalue weighted by Gasteiger charge is 2.33. The third kappa shape index (κ3) is 4.59. The monoisotopic (exact) mass is 610 g/mol. The van der Waals surface area contributed by atoms with Gasteiger partial charge >= 0.3 is 5.97 Å². The summed E-state index contributed by atoms with van der Waals surface area (Å²) >= 11 is 13.9. The highest BCUT2D eigenvalue weighted by molar-refractivity contribution is 9.11. The molecule has 1 aliphatic heterocycles. The molecule has 33 heavy (non-hydrogen) atoms. The quantitative estimate of drug-likeness (QED) is 0.434. The highest BCUT2D eigenvalue weighted by atomic mass is 79.9. The second kappa shape index (κ2) is 9.58. The minimum absolute atomic E-state index is 0.0750. The van der Waals surface area contributed by atoms with Gasteiger partial charge in [0.25, 0.3) is 5.56 Å². The van der Waals surface area contributed by atoms with Crippen molar-refractivity contribution >= 4 is 66.8 Å². The normalized spacial score (nSPS) is 15.9. The number of halogens is 3. The summed E-state index contributed by atoms with van der Waals surface area (Å²) in [6, 6.07) is 9.74. The Morgan fingerprint density at radius 1 is 1.27 bits per heavy atom. The molecule has 0 saturated heterocycles. The average Bonchev–Trinajstić information content (AvgIpc) is 3.06. The van der Waals surface area contributed by atoms with Gasteiger partial charge in [0.2, 0.25) is 0 Å². The first-order valence-electron chi connectivity index (χ1n) is 9.84. The van der Waals surface area contributed by atoms with Gasteiger partial charge < -0.3 is 9.84 Å². The van der Waals surface area contributed by atoms with Crippen LogP contribution in [0.4, 0.5) is 0 Å². The van der Waals surface area contributed by atoms with E-state index in [9.17, 15) is 14.7 Å². The van der Waals surface area contributed by atoms with E-state index in [2.05, 4.69) is 36.9 Å². The zero-order valence-electron chi connectivity index (χ0n) is 17.4. The SMILES string of the molecule is CCOC(=O)C1=C(C)N=c2s/c(=C\c3cc(Br)c(O)c(Br)c3)c(=O)n2[C@H]1c1ccc(Cl)cc1. The summed E-state index contributed by atoms with van der Waals surface area (Å²) in [6.45, 7) is 3.67. The summed E-state index contributed by atoms with van der Waals surface area (Å²) < 4.78 is 8.23. The maximum Gasteiger partial charge on any atom is 0.338 e. The van der Waals surface area contributed by atoms with E-state index in [0.29, 0.717) is 40.1 Å². The topological polar surface area (TPSA) is 80.9 Å². The van der Waals surface area contributed by atoms with Gasteiger partial charge in [-0.1, -0.05) is 35.1 Å². The average molecular weight is 613 g/mol. The van der Waals surface area contributed by atoms with E-state index in [-0.39, 0.29) is 17.9 Å². The van der Waals surface area contributed by atoms with E-state index < -0.39 is 12.0 Å². The fourth-order valence-electron chi connectivity index (χ4n) is 3.57. The number of fused-ring (bicyclic) bond motifs is 1. The van der Waals surface area contributed by atoms with Crippen LogP contribution in [-0.2, 0) is 9.53 Å². The van der Waals surface area contributed by atoms with Crippen molar-refractivity contribution in [1.29, 1.82) is 0 Å². The fourth-order valence-corrected chi connectivity index (χ4v) is 5.97. The van der Waals surface area contributed by atoms with Gasteiger partial charge in [-0.2, -0.15) is 0 Å². The van der Waals surface area contributed by atoms with Crippen molar-refractivity contribution in [1.82, 2.24) is 4.57 Å². The lowest BCUT2D eigenvalue weighted by Gasteiger charge is -2.24. The number of aromatic hydroxyl groups is 1. The van der Waals surface area contributed by atoms with E-state index >= 15 is 0 Å². The van der Waals surface area contributed by atoms with Gasteiger partial charge in [-0.3, -0.25) is 9.36 Å². The molecule has 4 rings (SSSR count). The van der Waals surface area contributed by atoms with Gasteiger partial charge in [0.05, 0.1) is 37.4 Å². The lowest BCUT2D eigenvalue weighted by molar-refractivity contribution is -0.139. The number of thiazole rings is 1. The standard InChI is InChI=1S/C23H17Br2ClN2O4S/c1-3-32-22(31)18-11(2)27-23-28(19(18)13-4-6-14(26)7-5-13)21(30)17(33-23)10-12-8-15(24)20(29)16(25)9-12/h4-10,19,29H,3H2,1-2H3/b17-10-/t19-/m0/s1. The Labute approximate surface area is 214 Å². The van der Waals surface area contributed by atoms with Crippen LogP contribution in [0.1, 0.15) is 31.0 Å². The number of phenolic OH excluding ortho intramolecular Hbond substituents is 1. The molecule has 0 amide bonds. The number of hydrogen-bond donors (Lipinski definition) is 1. The van der Waals surface area contributed by atoms with Crippen LogP contribution >= 0.6 is 54.8 Å². The van der Waals surface area contributed by atoms with Crippen LogP contribution in [0, 0.1) is 0 Å². The van der Waals surface area contributed by atoms with Crippen molar-refractivity contribution in [3.63, 3.8) is 0 Å². The summed E-state index contributed by atoms with van der Waals surface area (Å²) in [5.74, 6) is -0.439. The second-order valence-corrected chi connectivity index (χ2v) is 10.3. The molecular weight excluding hydrogens is 596 g/mol. The number of rotatable bonds is 4. The van der Waals surface area contributed by atoms with Crippen molar-refractivity contribution in [2.24, 2.45) is 4.99 Å². The fraction of sp³-hybridized carbons (Fsp3) is 0.174. The third-order valence-corrected chi connectivity index (χ3v) is 7.48. The molecule has 2 aromatic carbocycles. The number of nitrogens with zero attached hydrogens (tertiary/aromatic N) is 2. The molecule has 1 N–H and O–H groups in total. The first-order valence-corrected chi connectivity index (χ1v) is 12.6. The maximum absolute atomic E-state index is 13.5. The molecule has 0 radical (unpaired) electrons. The Balaban J connectivity index is 1.96. The lowest BCUT2D eigenvalue weighted by atomic mass is 9.96. The van der Waals surface area contributed by atoms with E-state index in [1.165, 1.54) is 15.9 Å². The second-order valence-electron chi connectivity index (χ2n) is 7.19. The molecule has 0 unspecified atom stereocenters. The van der Waals surface area contributed by atoms with Gasteiger partial charge in [-0.25, -0.2) is 9.79 Å². The van der Waals surface area contributed by atoms with Crippen molar-refractivity contribution in [3.05, 3.63) is 92.5 Å². The number of ether oxygens (including phenoxy) is 1. The number of aromatic nitrogens is 1. The molecule has 2 heterocycles. The summed E-state index contributed by atoms with van der Waals surface area (Å²) in [4.78, 5) is 31.4. The van der Waals surface area contributed by atoms with Crippen LogP contribution in [0.25, 0.3) is 6.08 Å². The number of esters is 1. The minimum Gasteiger partial charge on any atom is -0.506 e. The van der Waals surface area contributed by atoms with Crippen LogP contribution < -0.4 is 14.9 Å². The predicted octanol–water partition coefficient (Wildman–Crippen LogP) is 4.68. The van der Waals surface area contributed by atoms with Gasteiger partial charge in [0.15, 0.2) is 4.80 Å². The number of carbonyl (C=O) groups excluding carboxylic acids is 1. The molecule has 0 fully saturated rings. The van der Waals surface area contributed by atoms with Crippen molar-refractivity contribution in [3.8, 4) is 5.75 Å². The molecule has 3 aromatic rings. The Bertz CT molecular complexity index is 1450. The number of phenols is 1. The molecule has 1 aliphatic rings. The third-order valence-electron chi connectivity index (χ3n) is 5.04. The van der Waals surface area contributed by atoms with Crippen LogP contribution in [0.3, 0.4) is 0 Å². The van der Waals surface area contributed by atoms with Crippen molar-refractivity contribution < 1.29 is 14.6 Å². The molecule has 0 saturated carbocycles. The number of allylic oxidation sites excluding steroid dienone is 1. The van der Waals surface area contributed by atoms with Crippen LogP contribution in [0.5, 0.6) is 5.75 Å². The molecule has 1 aromatic heterocycles. The van der Waals surface area contributed by atoms with Gasteiger partial charge in [0, 0.05) is 5.02 Å². The zero-order chi connectivity index (χ0) is 23.9. The number of hydrogen-bond acceptors (Lipinski definition) is 6. The highest BCUT2D eigenvalue weighted by Crippen LogP contribution is 2.34. The maximum atomic E-state index is 13.5. The Hall–Kier alpha value is -2.20. The molecule has 1 atom stereocenters. The van der Waals surface area contributed by atoms with Gasteiger partial charge in [-0.15, -0.1) is 0 Å². The summed E-state index contributed by atoms with van der Waals surface area (Å²) in [5, 5.41) is 10.5. The van der Waals surface area contributed by atoms with Gasteiger partial charge in [0.1, 0.15) is 5.75 Å². The largest absolute Gasteiger partial charge is 0.506 e. The summed E-state index contributed by atoms with van der Waals surface area (Å²) in [5.41, 5.74) is 1.96. The molecule has 10 heteroatoms. The molecular formula is C23H17Br2ClN2O4S. The van der Waals surface area contributed by atoms with Crippen molar-refractivity contribution in [2.75, 3.05) is 6.61 Å². The Morgan fingerprint density at radius 2 is 1.91 bits per heavy atom. The van der Waals surface area contributed by atoms with Crippen LogP contribution in [0.15, 0.2) is 66.4 Å². The number of carbonyl (C=O) groups is 1. The van der Waals surface area contributed by atoms with Gasteiger partial charge in [-0.05, 0) is 87.2 Å². The first-order chi connectivity index (χ1) is 15.7. The minimum atomic E-state index is -0.696. The van der Waals surface area contributed by atoms with E-state index in [1.807, 2.05) is 0 Å². The Morgan fingerprint density at radius 3 is 2.52 bits per heavy atom. The molecule has 0 aliphatic carbocycles. The molecule has 170 valence electrons. The zero-order valence-corrected chi connectivity index (χ0v) is 22.2. The van der Waals surface area contributed by atoms with E-state index in [4.69, 9.17) is 16.3 Å².